The van der Waals surface area contributed by atoms with Gasteiger partial charge in [0.1, 0.15) is 0 Å². The third kappa shape index (κ3) is 2.88. The quantitative estimate of drug-likeness (QED) is 0.646. The van der Waals surface area contributed by atoms with Crippen LogP contribution in [0.5, 0.6) is 0 Å². The molecule has 20 heavy (non-hydrogen) atoms. The van der Waals surface area contributed by atoms with E-state index in [0.717, 1.165) is 30.6 Å². The summed E-state index contributed by atoms with van der Waals surface area (Å²) in [5.41, 5.74) is 8.61. The Labute approximate surface area is 119 Å². The molecule has 0 aliphatic heterocycles. The molecule has 0 radical (unpaired) electrons. The van der Waals surface area contributed by atoms with Crippen molar-refractivity contribution in [3.63, 3.8) is 0 Å². The van der Waals surface area contributed by atoms with Gasteiger partial charge < -0.3 is 20.5 Å². The van der Waals surface area contributed by atoms with Gasteiger partial charge in [-0.2, -0.15) is 0 Å². The summed E-state index contributed by atoms with van der Waals surface area (Å²) in [5, 5.41) is 9.33. The molecule has 0 aromatic heterocycles. The Morgan fingerprint density at radius 1 is 1.50 bits per heavy atom. The summed E-state index contributed by atoms with van der Waals surface area (Å²) in [7, 11) is 3.33. The number of hydrogen-bond donors (Lipinski definition) is 2. The molecule has 0 atom stereocenters. The third-order valence-electron chi connectivity index (χ3n) is 3.96. The second kappa shape index (κ2) is 5.71. The number of aliphatic hydroxyl groups is 1. The van der Waals surface area contributed by atoms with Gasteiger partial charge in [-0.15, -0.1) is 0 Å². The second-order valence-corrected chi connectivity index (χ2v) is 5.59. The van der Waals surface area contributed by atoms with E-state index in [1.54, 1.807) is 6.07 Å². The molecule has 1 saturated carbocycles. The number of ether oxygens (including phenoxy) is 1. The maximum atomic E-state index is 11.7. The number of carbonyl (C=O) groups excluding carboxylic acids is 1. The normalized spacial score (nSPS) is 21.2. The van der Waals surface area contributed by atoms with Crippen molar-refractivity contribution in [2.24, 2.45) is 5.92 Å². The summed E-state index contributed by atoms with van der Waals surface area (Å²) in [5.74, 6) is 0.0920. The molecule has 1 aliphatic carbocycles. The largest absolute Gasteiger partial charge is 0.465 e. The number of methoxy groups -OCH3 is 1. The van der Waals surface area contributed by atoms with E-state index in [1.807, 2.05) is 20.0 Å². The van der Waals surface area contributed by atoms with Crippen LogP contribution in [0.25, 0.3) is 0 Å². The van der Waals surface area contributed by atoms with Gasteiger partial charge in [0, 0.05) is 25.0 Å². The van der Waals surface area contributed by atoms with Crippen molar-refractivity contribution >= 4 is 17.3 Å². The third-order valence-corrected chi connectivity index (χ3v) is 3.96. The fourth-order valence-electron chi connectivity index (χ4n) is 2.62. The first-order valence-electron chi connectivity index (χ1n) is 6.80. The molecule has 1 aromatic rings. The Kier molecular flexibility index (Phi) is 4.18. The van der Waals surface area contributed by atoms with Crippen LogP contribution in [0.2, 0.25) is 0 Å². The number of carbonyl (C=O) groups is 1. The number of nitrogen functional groups attached to an aromatic ring is 1. The molecule has 1 aliphatic rings. The molecular formula is C15H22N2O3. The highest BCUT2D eigenvalue weighted by molar-refractivity contribution is 5.97. The van der Waals surface area contributed by atoms with Gasteiger partial charge in [-0.1, -0.05) is 0 Å². The van der Waals surface area contributed by atoms with Crippen LogP contribution < -0.4 is 10.6 Å². The fraction of sp³-hybridized carbons (Fsp3) is 0.533. The van der Waals surface area contributed by atoms with Gasteiger partial charge >= 0.3 is 5.97 Å². The lowest BCUT2D eigenvalue weighted by Crippen LogP contribution is -2.37. The van der Waals surface area contributed by atoms with E-state index in [2.05, 4.69) is 4.90 Å². The average Bonchev–Trinajstić information content (AvgIpc) is 2.38. The highest BCUT2D eigenvalue weighted by atomic mass is 16.5. The lowest BCUT2D eigenvalue weighted by atomic mass is 9.82. The van der Waals surface area contributed by atoms with E-state index in [9.17, 15) is 9.90 Å². The number of nitrogens with two attached hydrogens (primary N) is 1. The van der Waals surface area contributed by atoms with Crippen molar-refractivity contribution in [2.75, 3.05) is 31.3 Å². The van der Waals surface area contributed by atoms with Crippen molar-refractivity contribution in [3.8, 4) is 0 Å². The second-order valence-electron chi connectivity index (χ2n) is 5.59. The number of benzene rings is 1. The van der Waals surface area contributed by atoms with Crippen molar-refractivity contribution in [2.45, 2.75) is 25.9 Å². The summed E-state index contributed by atoms with van der Waals surface area (Å²) in [4.78, 5) is 13.8. The van der Waals surface area contributed by atoms with Crippen LogP contribution in [-0.4, -0.2) is 37.9 Å². The van der Waals surface area contributed by atoms with E-state index < -0.39 is 5.97 Å². The Hall–Kier alpha value is -1.75. The molecule has 110 valence electrons. The Balaban J connectivity index is 2.18. The van der Waals surface area contributed by atoms with Crippen molar-refractivity contribution in [1.82, 2.24) is 0 Å². The van der Waals surface area contributed by atoms with Crippen molar-refractivity contribution in [1.29, 1.82) is 0 Å². The summed E-state index contributed by atoms with van der Waals surface area (Å²) >= 11 is 0. The molecule has 0 bridgehead atoms. The lowest BCUT2D eigenvalue weighted by Gasteiger charge is -2.35. The molecule has 3 N–H and O–H groups in total. The number of hydrogen-bond acceptors (Lipinski definition) is 5. The van der Waals surface area contributed by atoms with E-state index in [-0.39, 0.29) is 6.10 Å². The molecule has 2 rings (SSSR count). The minimum absolute atomic E-state index is 0.146. The number of nitrogens with zero attached hydrogens (tertiary/aromatic N) is 1. The average molecular weight is 278 g/mol. The number of rotatable bonds is 4. The van der Waals surface area contributed by atoms with E-state index in [4.69, 9.17) is 10.5 Å². The van der Waals surface area contributed by atoms with Crippen LogP contribution in [0.1, 0.15) is 28.8 Å². The van der Waals surface area contributed by atoms with E-state index in [0.29, 0.717) is 17.2 Å². The van der Waals surface area contributed by atoms with Crippen LogP contribution in [0.15, 0.2) is 12.1 Å². The SMILES string of the molecule is COC(=O)c1cc(N(C)CC2CC(O)C2)cc(C)c1N. The summed E-state index contributed by atoms with van der Waals surface area (Å²) in [6, 6.07) is 3.74. The monoisotopic (exact) mass is 278 g/mol. The molecule has 0 spiro atoms. The first-order valence-corrected chi connectivity index (χ1v) is 6.80. The Morgan fingerprint density at radius 3 is 2.70 bits per heavy atom. The predicted molar refractivity (Wildman–Crippen MR) is 78.9 cm³/mol. The van der Waals surface area contributed by atoms with Crippen molar-refractivity contribution < 1.29 is 14.6 Å². The van der Waals surface area contributed by atoms with Gasteiger partial charge in [0.05, 0.1) is 18.8 Å². The highest BCUT2D eigenvalue weighted by Crippen LogP contribution is 2.31. The first-order chi connectivity index (χ1) is 9.42. The fourth-order valence-corrected chi connectivity index (χ4v) is 2.62. The minimum atomic E-state index is -0.417. The number of esters is 1. The van der Waals surface area contributed by atoms with Gasteiger partial charge in [0.15, 0.2) is 0 Å². The van der Waals surface area contributed by atoms with Crippen LogP contribution in [0.3, 0.4) is 0 Å². The Morgan fingerprint density at radius 2 is 2.15 bits per heavy atom. The van der Waals surface area contributed by atoms with Gasteiger partial charge in [-0.05, 0) is 43.4 Å². The summed E-state index contributed by atoms with van der Waals surface area (Å²) in [6.07, 6.45) is 1.55. The molecular weight excluding hydrogens is 256 g/mol. The molecule has 5 nitrogen and oxygen atoms in total. The molecule has 1 fully saturated rings. The van der Waals surface area contributed by atoms with Crippen LogP contribution >= 0.6 is 0 Å². The molecule has 0 unspecified atom stereocenters. The number of anilines is 2. The lowest BCUT2D eigenvalue weighted by molar-refractivity contribution is 0.0465. The predicted octanol–water partition coefficient (Wildman–Crippen LogP) is 1.57. The zero-order valence-corrected chi connectivity index (χ0v) is 12.2. The highest BCUT2D eigenvalue weighted by Gasteiger charge is 2.28. The van der Waals surface area contributed by atoms with Crippen LogP contribution in [0, 0.1) is 12.8 Å². The van der Waals surface area contributed by atoms with Gasteiger partial charge in [0.2, 0.25) is 0 Å². The molecule has 5 heteroatoms. The zero-order chi connectivity index (χ0) is 14.9. The van der Waals surface area contributed by atoms with Gasteiger partial charge in [0.25, 0.3) is 0 Å². The van der Waals surface area contributed by atoms with E-state index >= 15 is 0 Å². The van der Waals surface area contributed by atoms with Crippen molar-refractivity contribution in [3.05, 3.63) is 23.3 Å². The molecule has 0 amide bonds. The summed E-state index contributed by atoms with van der Waals surface area (Å²) < 4.78 is 4.76. The van der Waals surface area contributed by atoms with Crippen LogP contribution in [-0.2, 0) is 4.74 Å². The number of aryl methyl sites for hydroxylation is 1. The topological polar surface area (TPSA) is 75.8 Å². The Bertz CT molecular complexity index is 510. The molecule has 0 saturated heterocycles. The minimum Gasteiger partial charge on any atom is -0.465 e. The molecule has 1 aromatic carbocycles. The van der Waals surface area contributed by atoms with Gasteiger partial charge in [-0.3, -0.25) is 0 Å². The van der Waals surface area contributed by atoms with Crippen LogP contribution in [0.4, 0.5) is 11.4 Å². The zero-order valence-electron chi connectivity index (χ0n) is 12.2. The van der Waals surface area contributed by atoms with E-state index in [1.165, 1.54) is 7.11 Å². The molecule has 0 heterocycles. The number of aliphatic hydroxyl groups excluding tert-OH is 1. The van der Waals surface area contributed by atoms with Gasteiger partial charge in [-0.25, -0.2) is 4.79 Å². The maximum absolute atomic E-state index is 11.7. The smallest absolute Gasteiger partial charge is 0.340 e. The first kappa shape index (κ1) is 14.7. The summed E-state index contributed by atoms with van der Waals surface area (Å²) in [6.45, 7) is 2.74. The standard InChI is InChI=1S/C15H22N2O3/c1-9-4-11(7-13(14(9)16)15(19)20-3)17(2)8-10-5-12(18)6-10/h4,7,10,12,18H,5-6,8,16H2,1-3H3. The maximum Gasteiger partial charge on any atom is 0.340 e.